The van der Waals surface area contributed by atoms with Crippen LogP contribution in [0.3, 0.4) is 0 Å². The first-order valence-electron chi connectivity index (χ1n) is 3.88. The van der Waals surface area contributed by atoms with E-state index in [0.29, 0.717) is 0 Å². The predicted molar refractivity (Wildman–Crippen MR) is 41.9 cm³/mol. The first-order valence-corrected chi connectivity index (χ1v) is 3.88. The van der Waals surface area contributed by atoms with Gasteiger partial charge in [-0.3, -0.25) is 8.78 Å². The van der Waals surface area contributed by atoms with Crippen molar-refractivity contribution < 1.29 is 35.1 Å². The molecule has 0 fully saturated rings. The Morgan fingerprint density at radius 2 is 0.812 bits per heavy atom. The van der Waals surface area contributed by atoms with E-state index in [1.165, 1.54) is 0 Å². The highest BCUT2D eigenvalue weighted by Crippen LogP contribution is 2.12. The van der Waals surface area contributed by atoms with Crippen LogP contribution in [0.15, 0.2) is 23.8 Å². The molecule has 8 heteroatoms. The zero-order chi connectivity index (χ0) is 13.1. The Morgan fingerprint density at radius 3 is 0.875 bits per heavy atom. The summed E-state index contributed by atoms with van der Waals surface area (Å²) in [7, 11) is 0. The third-order valence-corrected chi connectivity index (χ3v) is 1.04. The Morgan fingerprint density at radius 1 is 0.562 bits per heavy atom. The fourth-order valence-electron chi connectivity index (χ4n) is 0.355. The molecule has 0 aromatic rings. The van der Waals surface area contributed by atoms with Gasteiger partial charge in [0.15, 0.2) is 11.7 Å². The zero-order valence-electron chi connectivity index (χ0n) is 7.85. The molecular formula is C8H8F8. The average molecular weight is 256 g/mol. The van der Waals surface area contributed by atoms with Crippen molar-refractivity contribution in [3.05, 3.63) is 23.8 Å². The zero-order valence-corrected chi connectivity index (χ0v) is 7.85. The van der Waals surface area contributed by atoms with Crippen LogP contribution >= 0.6 is 0 Å². The molecule has 0 saturated carbocycles. The second kappa shape index (κ2) is 10.4. The van der Waals surface area contributed by atoms with Gasteiger partial charge in [-0.15, -0.1) is 0 Å². The molecule has 16 heavy (non-hydrogen) atoms. The van der Waals surface area contributed by atoms with Gasteiger partial charge in [0.1, 0.15) is 0 Å². The van der Waals surface area contributed by atoms with Crippen LogP contribution in [-0.2, 0) is 0 Å². The Balaban J connectivity index is 0. The number of alkyl halides is 2. The van der Waals surface area contributed by atoms with Gasteiger partial charge < -0.3 is 0 Å². The highest BCUT2D eigenvalue weighted by Gasteiger charge is 2.02. The highest BCUT2D eigenvalue weighted by atomic mass is 19.3. The standard InChI is InChI=1S/2C4H4F4/c2*5-2-1-3(6)4(7)8/h2*1-2H2. The Hall–Kier alpha value is -1.08. The summed E-state index contributed by atoms with van der Waals surface area (Å²) in [5.41, 5.74) is 0. The fourth-order valence-corrected chi connectivity index (χ4v) is 0.355. The molecule has 0 aromatic carbocycles. The molecule has 0 aliphatic heterocycles. The van der Waals surface area contributed by atoms with Crippen molar-refractivity contribution >= 4 is 0 Å². The van der Waals surface area contributed by atoms with E-state index >= 15 is 0 Å². The molecule has 0 radical (unpaired) electrons. The van der Waals surface area contributed by atoms with Crippen molar-refractivity contribution in [1.82, 2.24) is 0 Å². The van der Waals surface area contributed by atoms with Crippen molar-refractivity contribution in [2.24, 2.45) is 0 Å². The molecule has 0 bridgehead atoms. The molecule has 0 aliphatic carbocycles. The lowest BCUT2D eigenvalue weighted by Gasteiger charge is -1.85. The van der Waals surface area contributed by atoms with Crippen LogP contribution in [-0.4, -0.2) is 13.3 Å². The molecule has 96 valence electrons. The minimum Gasteiger partial charge on any atom is -0.251 e. The van der Waals surface area contributed by atoms with E-state index in [1.54, 1.807) is 0 Å². The SMILES string of the molecule is FCCC(F)=C(F)F.FCCC(F)=C(F)F. The maximum absolute atomic E-state index is 11.4. The van der Waals surface area contributed by atoms with Crippen LogP contribution in [0, 0.1) is 0 Å². The normalized spacial score (nSPS) is 9.00. The summed E-state index contributed by atoms with van der Waals surface area (Å²) in [6.45, 7) is -2.16. The second-order valence-electron chi connectivity index (χ2n) is 2.21. The summed E-state index contributed by atoms with van der Waals surface area (Å²) in [5.74, 6) is -3.32. The van der Waals surface area contributed by atoms with Crippen molar-refractivity contribution in [2.45, 2.75) is 12.8 Å². The number of hydrogen-bond acceptors (Lipinski definition) is 0. The van der Waals surface area contributed by atoms with Gasteiger partial charge in [-0.2, -0.15) is 17.6 Å². The molecule has 0 amide bonds. The van der Waals surface area contributed by atoms with E-state index in [4.69, 9.17) is 0 Å². The lowest BCUT2D eigenvalue weighted by Crippen LogP contribution is -1.77. The molecule has 0 heterocycles. The number of halogens is 8. The fraction of sp³-hybridized carbons (Fsp3) is 0.500. The van der Waals surface area contributed by atoms with Crippen molar-refractivity contribution in [2.75, 3.05) is 13.3 Å². The predicted octanol–water partition coefficient (Wildman–Crippen LogP) is 4.85. The summed E-state index contributed by atoms with van der Waals surface area (Å²) in [4.78, 5) is 0. The van der Waals surface area contributed by atoms with Gasteiger partial charge in [0, 0.05) is 12.8 Å². The van der Waals surface area contributed by atoms with Gasteiger partial charge >= 0.3 is 12.2 Å². The van der Waals surface area contributed by atoms with E-state index in [2.05, 4.69) is 0 Å². The maximum Gasteiger partial charge on any atom is 0.301 e. The number of allylic oxidation sites excluding steroid dienone is 2. The van der Waals surface area contributed by atoms with Gasteiger partial charge in [0.25, 0.3) is 0 Å². The van der Waals surface area contributed by atoms with Gasteiger partial charge in [-0.25, -0.2) is 8.78 Å². The molecule has 0 spiro atoms. The molecule has 0 atom stereocenters. The van der Waals surface area contributed by atoms with Crippen LogP contribution in [0.2, 0.25) is 0 Å². The van der Waals surface area contributed by atoms with E-state index in [1.807, 2.05) is 0 Å². The van der Waals surface area contributed by atoms with Crippen LogP contribution in [0.25, 0.3) is 0 Å². The molecular weight excluding hydrogens is 248 g/mol. The van der Waals surface area contributed by atoms with Crippen LogP contribution < -0.4 is 0 Å². The first-order chi connectivity index (χ1) is 7.36. The summed E-state index contributed by atoms with van der Waals surface area (Å²) < 4.78 is 88.6. The van der Waals surface area contributed by atoms with E-state index in [0.717, 1.165) is 0 Å². The summed E-state index contributed by atoms with van der Waals surface area (Å²) >= 11 is 0. The topological polar surface area (TPSA) is 0 Å². The number of hydrogen-bond donors (Lipinski definition) is 0. The van der Waals surface area contributed by atoms with Crippen LogP contribution in [0.4, 0.5) is 35.1 Å². The van der Waals surface area contributed by atoms with E-state index in [-0.39, 0.29) is 0 Å². The molecule has 0 rings (SSSR count). The Bertz CT molecular complexity index is 210. The first kappa shape index (κ1) is 17.3. The second-order valence-corrected chi connectivity index (χ2v) is 2.21. The Labute approximate surface area is 86.2 Å². The van der Waals surface area contributed by atoms with Crippen molar-refractivity contribution in [1.29, 1.82) is 0 Å². The molecule has 0 saturated heterocycles. The quantitative estimate of drug-likeness (QED) is 0.631. The largest absolute Gasteiger partial charge is 0.301 e. The summed E-state index contributed by atoms with van der Waals surface area (Å²) in [5, 5.41) is 0. The summed E-state index contributed by atoms with van der Waals surface area (Å²) in [6.07, 6.45) is -6.49. The average Bonchev–Trinajstić information content (AvgIpc) is 2.19. The van der Waals surface area contributed by atoms with Crippen molar-refractivity contribution in [3.8, 4) is 0 Å². The highest BCUT2D eigenvalue weighted by molar-refractivity contribution is 4.91. The molecule has 0 N–H and O–H groups in total. The van der Waals surface area contributed by atoms with Crippen LogP contribution in [0.1, 0.15) is 12.8 Å². The van der Waals surface area contributed by atoms with Gasteiger partial charge in [0.05, 0.1) is 13.3 Å². The number of rotatable bonds is 4. The molecule has 0 aliphatic rings. The summed E-state index contributed by atoms with van der Waals surface area (Å²) in [6, 6.07) is 0. The molecule has 0 nitrogen and oxygen atoms in total. The third-order valence-electron chi connectivity index (χ3n) is 1.04. The van der Waals surface area contributed by atoms with Gasteiger partial charge in [-0.05, 0) is 0 Å². The van der Waals surface area contributed by atoms with Crippen molar-refractivity contribution in [3.63, 3.8) is 0 Å². The lowest BCUT2D eigenvalue weighted by atomic mass is 10.4. The Kier molecular flexibility index (Phi) is 11.3. The maximum atomic E-state index is 11.4. The van der Waals surface area contributed by atoms with Crippen LogP contribution in [0.5, 0.6) is 0 Å². The third kappa shape index (κ3) is 11.0. The minimum atomic E-state index is -2.43. The van der Waals surface area contributed by atoms with E-state index in [9.17, 15) is 35.1 Å². The lowest BCUT2D eigenvalue weighted by molar-refractivity contribution is 0.356. The van der Waals surface area contributed by atoms with Gasteiger partial charge in [-0.1, -0.05) is 0 Å². The molecule has 0 aromatic heterocycles. The van der Waals surface area contributed by atoms with E-state index < -0.39 is 50.0 Å². The van der Waals surface area contributed by atoms with Gasteiger partial charge in [0.2, 0.25) is 0 Å². The monoisotopic (exact) mass is 256 g/mol. The minimum absolute atomic E-state index is 0.817. The smallest absolute Gasteiger partial charge is 0.251 e. The molecule has 0 unspecified atom stereocenters.